The minimum Gasteiger partial charge on any atom is -0.484 e. The van der Waals surface area contributed by atoms with Crippen LogP contribution in [-0.2, 0) is 14.9 Å². The largest absolute Gasteiger partial charge is 0.484 e. The number of benzene rings is 2. The summed E-state index contributed by atoms with van der Waals surface area (Å²) in [5.41, 5.74) is 2.72. The number of amides is 1. The first-order valence-corrected chi connectivity index (χ1v) is 11.6. The minimum absolute atomic E-state index is 0.00846. The van der Waals surface area contributed by atoms with Gasteiger partial charge in [-0.3, -0.25) is 4.79 Å². The monoisotopic (exact) mass is 436 g/mol. The normalized spacial score (nSPS) is 22.5. The molecule has 0 unspecified atom stereocenters. The summed E-state index contributed by atoms with van der Waals surface area (Å²) in [4.78, 5) is 15.4. The maximum absolute atomic E-state index is 12.8. The fourth-order valence-corrected chi connectivity index (χ4v) is 5.59. The Kier molecular flexibility index (Phi) is 6.59. The van der Waals surface area contributed by atoms with Crippen molar-refractivity contribution in [3.63, 3.8) is 0 Å². The van der Waals surface area contributed by atoms with Crippen molar-refractivity contribution in [2.24, 2.45) is 5.41 Å². The lowest BCUT2D eigenvalue weighted by Crippen LogP contribution is -2.51. The van der Waals surface area contributed by atoms with Gasteiger partial charge in [0.15, 0.2) is 6.61 Å². The molecule has 5 heteroatoms. The highest BCUT2D eigenvalue weighted by atomic mass is 16.5. The summed E-state index contributed by atoms with van der Waals surface area (Å²) in [6, 6.07) is 17.8. The summed E-state index contributed by atoms with van der Waals surface area (Å²) in [5.74, 6) is 0.568. The van der Waals surface area contributed by atoms with Gasteiger partial charge in [-0.2, -0.15) is 0 Å². The number of rotatable bonds is 6. The van der Waals surface area contributed by atoms with E-state index in [1.807, 2.05) is 30.3 Å². The molecule has 1 saturated heterocycles. The lowest BCUT2D eigenvalue weighted by Gasteiger charge is -2.45. The van der Waals surface area contributed by atoms with Gasteiger partial charge >= 0.3 is 0 Å². The highest BCUT2D eigenvalue weighted by Crippen LogP contribution is 2.52. The van der Waals surface area contributed by atoms with Gasteiger partial charge in [-0.25, -0.2) is 0 Å². The van der Waals surface area contributed by atoms with Crippen molar-refractivity contribution in [2.75, 3.05) is 33.4 Å². The molecule has 0 aromatic heterocycles. The van der Waals surface area contributed by atoms with Gasteiger partial charge in [-0.15, -0.1) is 0 Å². The van der Waals surface area contributed by atoms with Crippen molar-refractivity contribution >= 4 is 5.91 Å². The third-order valence-corrected chi connectivity index (χ3v) is 6.81. The van der Waals surface area contributed by atoms with Crippen molar-refractivity contribution in [1.82, 2.24) is 10.2 Å². The number of para-hydroxylation sites is 1. The highest BCUT2D eigenvalue weighted by Gasteiger charge is 2.54. The van der Waals surface area contributed by atoms with E-state index in [0.717, 1.165) is 32.5 Å². The van der Waals surface area contributed by atoms with E-state index >= 15 is 0 Å². The number of hydrogen-bond donors (Lipinski definition) is 1. The zero-order valence-electron chi connectivity index (χ0n) is 19.8. The van der Waals surface area contributed by atoms with Gasteiger partial charge in [0.1, 0.15) is 5.75 Å². The molecule has 172 valence electrons. The van der Waals surface area contributed by atoms with Crippen LogP contribution in [0.1, 0.15) is 50.8 Å². The molecule has 2 aromatic carbocycles. The Morgan fingerprint density at radius 2 is 1.72 bits per heavy atom. The van der Waals surface area contributed by atoms with Gasteiger partial charge in [-0.1, -0.05) is 63.2 Å². The SMILES string of the molecule is CO[C@H]1[C@H](NC(=O)COc2ccccc2)c2ccccc2C12CCN(CC(C)(C)C)CC2. The van der Waals surface area contributed by atoms with Crippen LogP contribution in [0.4, 0.5) is 0 Å². The van der Waals surface area contributed by atoms with Gasteiger partial charge < -0.3 is 19.7 Å². The molecule has 1 aliphatic carbocycles. The van der Waals surface area contributed by atoms with Crippen LogP contribution in [0.5, 0.6) is 5.75 Å². The maximum atomic E-state index is 12.8. The van der Waals surface area contributed by atoms with E-state index in [-0.39, 0.29) is 35.5 Å². The van der Waals surface area contributed by atoms with Crippen LogP contribution >= 0.6 is 0 Å². The lowest BCUT2D eigenvalue weighted by molar-refractivity contribution is -0.125. The van der Waals surface area contributed by atoms with Crippen LogP contribution in [0, 0.1) is 5.41 Å². The number of carbonyl (C=O) groups is 1. The summed E-state index contributed by atoms with van der Waals surface area (Å²) < 4.78 is 11.8. The van der Waals surface area contributed by atoms with Crippen molar-refractivity contribution in [2.45, 2.75) is 51.2 Å². The minimum atomic E-state index is -0.169. The highest BCUT2D eigenvalue weighted by molar-refractivity contribution is 5.78. The summed E-state index contributed by atoms with van der Waals surface area (Å²) in [7, 11) is 1.78. The zero-order valence-corrected chi connectivity index (χ0v) is 19.8. The molecule has 1 fully saturated rings. The molecule has 0 bridgehead atoms. The van der Waals surface area contributed by atoms with E-state index in [2.05, 4.69) is 55.3 Å². The maximum Gasteiger partial charge on any atom is 0.258 e. The number of methoxy groups -OCH3 is 1. The van der Waals surface area contributed by atoms with Crippen LogP contribution in [0.25, 0.3) is 0 Å². The summed E-state index contributed by atoms with van der Waals surface area (Å²) in [5, 5.41) is 3.22. The lowest BCUT2D eigenvalue weighted by atomic mass is 9.71. The Labute approximate surface area is 192 Å². The average molecular weight is 437 g/mol. The molecule has 0 radical (unpaired) electrons. The zero-order chi connectivity index (χ0) is 22.8. The first-order chi connectivity index (χ1) is 15.3. The van der Waals surface area contributed by atoms with Gasteiger partial charge in [0, 0.05) is 19.1 Å². The number of nitrogens with zero attached hydrogens (tertiary/aromatic N) is 1. The number of likely N-dealkylation sites (tertiary alicyclic amines) is 1. The van der Waals surface area contributed by atoms with Crippen LogP contribution in [0.2, 0.25) is 0 Å². The summed E-state index contributed by atoms with van der Waals surface area (Å²) in [6.45, 7) is 10.1. The molecule has 2 aromatic rings. The number of hydrogen-bond acceptors (Lipinski definition) is 4. The third-order valence-electron chi connectivity index (χ3n) is 6.81. The molecule has 1 heterocycles. The number of carbonyl (C=O) groups excluding carboxylic acids is 1. The molecule has 2 aliphatic rings. The summed E-state index contributed by atoms with van der Waals surface area (Å²) >= 11 is 0. The summed E-state index contributed by atoms with van der Waals surface area (Å²) in [6.07, 6.45) is 1.98. The Bertz CT molecular complexity index is 914. The first-order valence-electron chi connectivity index (χ1n) is 11.6. The van der Waals surface area contributed by atoms with E-state index in [1.54, 1.807) is 7.11 Å². The van der Waals surface area contributed by atoms with E-state index in [4.69, 9.17) is 9.47 Å². The molecular formula is C27H36N2O3. The Hall–Kier alpha value is -2.37. The quantitative estimate of drug-likeness (QED) is 0.732. The van der Waals surface area contributed by atoms with Gasteiger partial charge in [0.25, 0.3) is 5.91 Å². The van der Waals surface area contributed by atoms with Gasteiger partial charge in [-0.05, 0) is 54.6 Å². The second-order valence-electron chi connectivity index (χ2n) is 10.4. The Morgan fingerprint density at radius 3 is 2.38 bits per heavy atom. The van der Waals surface area contributed by atoms with Crippen molar-refractivity contribution in [1.29, 1.82) is 0 Å². The second-order valence-corrected chi connectivity index (χ2v) is 10.4. The third kappa shape index (κ3) is 4.69. The number of nitrogens with one attached hydrogen (secondary N) is 1. The smallest absolute Gasteiger partial charge is 0.258 e. The van der Waals surface area contributed by atoms with E-state index in [0.29, 0.717) is 5.75 Å². The second kappa shape index (κ2) is 9.24. The Morgan fingerprint density at radius 1 is 1.06 bits per heavy atom. The van der Waals surface area contributed by atoms with Crippen LogP contribution in [0.3, 0.4) is 0 Å². The van der Waals surface area contributed by atoms with E-state index < -0.39 is 0 Å². The molecule has 4 rings (SSSR count). The molecule has 1 aliphatic heterocycles. The number of ether oxygens (including phenoxy) is 2. The molecule has 0 saturated carbocycles. The molecule has 5 nitrogen and oxygen atoms in total. The predicted octanol–water partition coefficient (Wildman–Crippen LogP) is 4.33. The molecule has 1 spiro atoms. The number of piperidine rings is 1. The van der Waals surface area contributed by atoms with Crippen molar-refractivity contribution in [3.8, 4) is 5.75 Å². The molecule has 1 amide bonds. The topological polar surface area (TPSA) is 50.8 Å². The molecule has 2 atom stereocenters. The first kappa shape index (κ1) is 22.8. The predicted molar refractivity (Wildman–Crippen MR) is 127 cm³/mol. The number of fused-ring (bicyclic) bond motifs is 2. The van der Waals surface area contributed by atoms with E-state index in [1.165, 1.54) is 11.1 Å². The average Bonchev–Trinajstić information content (AvgIpc) is 3.02. The van der Waals surface area contributed by atoms with Crippen molar-refractivity contribution < 1.29 is 14.3 Å². The van der Waals surface area contributed by atoms with Crippen LogP contribution < -0.4 is 10.1 Å². The molecule has 32 heavy (non-hydrogen) atoms. The van der Waals surface area contributed by atoms with Crippen LogP contribution in [-0.4, -0.2) is 50.3 Å². The molecular weight excluding hydrogens is 400 g/mol. The fourth-order valence-electron chi connectivity index (χ4n) is 5.59. The standard InChI is InChI=1S/C27H36N2O3/c1-26(2,3)19-29-16-14-27(15-17-29)22-13-9-8-12-21(22)24(25(27)31-4)28-23(30)18-32-20-10-6-5-7-11-20/h5-13,24-25H,14-19H2,1-4H3,(H,28,30)/t24-,25+/m1/s1. The van der Waals surface area contributed by atoms with Crippen LogP contribution in [0.15, 0.2) is 54.6 Å². The fraction of sp³-hybridized carbons (Fsp3) is 0.519. The van der Waals surface area contributed by atoms with E-state index in [9.17, 15) is 4.79 Å². The molecule has 1 N–H and O–H groups in total. The Balaban J connectivity index is 1.50. The van der Waals surface area contributed by atoms with Crippen molar-refractivity contribution in [3.05, 3.63) is 65.7 Å². The van der Waals surface area contributed by atoms with Gasteiger partial charge in [0.2, 0.25) is 0 Å². The van der Waals surface area contributed by atoms with Gasteiger partial charge in [0.05, 0.1) is 12.1 Å².